The minimum absolute atomic E-state index is 0.559. The fourth-order valence-corrected chi connectivity index (χ4v) is 4.33. The Balaban J connectivity index is 1.50. The van der Waals surface area contributed by atoms with Gasteiger partial charge in [-0.2, -0.15) is 0 Å². The van der Waals surface area contributed by atoms with Gasteiger partial charge in [0.15, 0.2) is 0 Å². The maximum Gasteiger partial charge on any atom is 0.0210 e. The van der Waals surface area contributed by atoms with E-state index in [1.54, 1.807) is 0 Å². The summed E-state index contributed by atoms with van der Waals surface area (Å²) in [5, 5.41) is 3.87. The van der Waals surface area contributed by atoms with Crippen molar-refractivity contribution in [1.82, 2.24) is 5.32 Å². The van der Waals surface area contributed by atoms with Crippen LogP contribution in [0.1, 0.15) is 57.4 Å². The van der Waals surface area contributed by atoms with Crippen molar-refractivity contribution in [2.45, 2.75) is 64.0 Å². The van der Waals surface area contributed by atoms with Crippen LogP contribution in [0.15, 0.2) is 28.7 Å². The van der Waals surface area contributed by atoms with Crippen molar-refractivity contribution in [3.05, 3.63) is 34.3 Å². The molecule has 0 bridgehead atoms. The van der Waals surface area contributed by atoms with Gasteiger partial charge in [0.1, 0.15) is 0 Å². The summed E-state index contributed by atoms with van der Waals surface area (Å²) in [4.78, 5) is 0. The van der Waals surface area contributed by atoms with E-state index in [0.29, 0.717) is 5.41 Å². The van der Waals surface area contributed by atoms with Gasteiger partial charge in [0.2, 0.25) is 0 Å². The Bertz CT molecular complexity index is 448. The summed E-state index contributed by atoms with van der Waals surface area (Å²) in [6.45, 7) is 4.80. The van der Waals surface area contributed by atoms with E-state index in [1.165, 1.54) is 42.1 Å². The predicted octanol–water partition coefficient (Wildman–Crippen LogP) is 4.86. The molecule has 0 aliphatic heterocycles. The second-order valence-corrected chi connectivity index (χ2v) is 8.01. The maximum absolute atomic E-state index is 3.87. The van der Waals surface area contributed by atoms with Crippen LogP contribution in [0.2, 0.25) is 0 Å². The molecule has 0 spiro atoms. The van der Waals surface area contributed by atoms with Crippen molar-refractivity contribution in [2.24, 2.45) is 5.41 Å². The molecule has 1 aromatic carbocycles. The average molecular weight is 322 g/mol. The van der Waals surface area contributed by atoms with E-state index in [4.69, 9.17) is 0 Å². The van der Waals surface area contributed by atoms with Gasteiger partial charge in [-0.3, -0.25) is 0 Å². The largest absolute Gasteiger partial charge is 0.311 e. The van der Waals surface area contributed by atoms with E-state index in [2.05, 4.69) is 59.4 Å². The molecule has 0 radical (unpaired) electrons. The number of rotatable bonds is 3. The first kappa shape index (κ1) is 13.6. The molecule has 3 rings (SSSR count). The quantitative estimate of drug-likeness (QED) is 0.838. The highest BCUT2D eigenvalue weighted by Gasteiger charge is 2.36. The molecule has 19 heavy (non-hydrogen) atoms. The molecule has 2 aliphatic carbocycles. The third kappa shape index (κ3) is 3.05. The van der Waals surface area contributed by atoms with E-state index in [0.717, 1.165) is 18.0 Å². The molecule has 1 aromatic rings. The molecule has 2 aliphatic rings. The third-order valence-corrected chi connectivity index (χ3v) is 5.65. The Hall–Kier alpha value is -0.340. The zero-order valence-corrected chi connectivity index (χ0v) is 13.5. The number of hydrogen-bond acceptors (Lipinski definition) is 1. The molecule has 1 atom stereocenters. The lowest BCUT2D eigenvalue weighted by Crippen LogP contribution is -2.45. The van der Waals surface area contributed by atoms with Gasteiger partial charge in [-0.1, -0.05) is 48.0 Å². The van der Waals surface area contributed by atoms with E-state index in [-0.39, 0.29) is 0 Å². The molecule has 1 N–H and O–H groups in total. The van der Waals surface area contributed by atoms with Crippen LogP contribution in [0.4, 0.5) is 0 Å². The van der Waals surface area contributed by atoms with Crippen LogP contribution in [0.3, 0.4) is 0 Å². The van der Waals surface area contributed by atoms with Crippen LogP contribution in [-0.2, 0) is 0 Å². The van der Waals surface area contributed by atoms with Crippen LogP contribution >= 0.6 is 15.9 Å². The van der Waals surface area contributed by atoms with Crippen LogP contribution in [0.25, 0.3) is 0 Å². The van der Waals surface area contributed by atoms with Gasteiger partial charge in [-0.05, 0) is 55.1 Å². The van der Waals surface area contributed by atoms with Crippen molar-refractivity contribution in [2.75, 3.05) is 0 Å². The van der Waals surface area contributed by atoms with Crippen molar-refractivity contribution in [3.8, 4) is 0 Å². The molecular weight excluding hydrogens is 298 g/mol. The van der Waals surface area contributed by atoms with Crippen molar-refractivity contribution in [1.29, 1.82) is 0 Å². The van der Waals surface area contributed by atoms with Gasteiger partial charge in [-0.15, -0.1) is 0 Å². The van der Waals surface area contributed by atoms with Crippen LogP contribution in [0.5, 0.6) is 0 Å². The molecule has 0 saturated heterocycles. The minimum Gasteiger partial charge on any atom is -0.311 e. The minimum atomic E-state index is 0.559. The summed E-state index contributed by atoms with van der Waals surface area (Å²) in [5.41, 5.74) is 2.05. The summed E-state index contributed by atoms with van der Waals surface area (Å²) in [7, 11) is 0. The zero-order chi connectivity index (χ0) is 13.5. The molecule has 0 aromatic heterocycles. The Morgan fingerprint density at radius 3 is 2.53 bits per heavy atom. The molecule has 104 valence electrons. The maximum atomic E-state index is 3.87. The van der Waals surface area contributed by atoms with Gasteiger partial charge in [0.25, 0.3) is 0 Å². The SMILES string of the molecule is CC1(C)CCC(NC2CC(c3ccccc3Br)C2)C1. The van der Waals surface area contributed by atoms with Gasteiger partial charge >= 0.3 is 0 Å². The smallest absolute Gasteiger partial charge is 0.0210 e. The number of benzene rings is 1. The summed E-state index contributed by atoms with van der Waals surface area (Å²) >= 11 is 3.67. The van der Waals surface area contributed by atoms with Gasteiger partial charge in [0, 0.05) is 16.6 Å². The highest BCUT2D eigenvalue weighted by atomic mass is 79.9. The summed E-state index contributed by atoms with van der Waals surface area (Å²) in [6.07, 6.45) is 6.70. The fraction of sp³-hybridized carbons (Fsp3) is 0.647. The lowest BCUT2D eigenvalue weighted by Gasteiger charge is -2.38. The normalized spacial score (nSPS) is 33.1. The molecular formula is C17H24BrN. The van der Waals surface area contributed by atoms with Gasteiger partial charge in [-0.25, -0.2) is 0 Å². The monoisotopic (exact) mass is 321 g/mol. The lowest BCUT2D eigenvalue weighted by atomic mass is 9.75. The van der Waals surface area contributed by atoms with E-state index in [1.807, 2.05) is 0 Å². The first-order valence-electron chi connectivity index (χ1n) is 7.54. The first-order chi connectivity index (χ1) is 9.03. The molecule has 2 fully saturated rings. The standard InChI is InChI=1S/C17H24BrN/c1-17(2)8-7-13(11-17)19-14-9-12(10-14)15-5-3-4-6-16(15)18/h3-6,12-14,19H,7-11H2,1-2H3. The third-order valence-electron chi connectivity index (χ3n) is 4.92. The highest BCUT2D eigenvalue weighted by molar-refractivity contribution is 9.10. The summed E-state index contributed by atoms with van der Waals surface area (Å²) in [5.74, 6) is 0.752. The summed E-state index contributed by atoms with van der Waals surface area (Å²) < 4.78 is 1.28. The van der Waals surface area contributed by atoms with E-state index < -0.39 is 0 Å². The second-order valence-electron chi connectivity index (χ2n) is 7.16. The Morgan fingerprint density at radius 1 is 1.16 bits per heavy atom. The Kier molecular flexibility index (Phi) is 3.74. The molecule has 0 heterocycles. The lowest BCUT2D eigenvalue weighted by molar-refractivity contribution is 0.256. The van der Waals surface area contributed by atoms with Gasteiger partial charge < -0.3 is 5.32 Å². The molecule has 2 saturated carbocycles. The Morgan fingerprint density at radius 2 is 1.89 bits per heavy atom. The van der Waals surface area contributed by atoms with Crippen molar-refractivity contribution in [3.63, 3.8) is 0 Å². The molecule has 1 nitrogen and oxygen atoms in total. The van der Waals surface area contributed by atoms with Crippen molar-refractivity contribution >= 4 is 15.9 Å². The molecule has 2 heteroatoms. The highest BCUT2D eigenvalue weighted by Crippen LogP contribution is 2.42. The number of halogens is 1. The average Bonchev–Trinajstić information content (AvgIpc) is 2.64. The van der Waals surface area contributed by atoms with E-state index in [9.17, 15) is 0 Å². The second kappa shape index (κ2) is 5.21. The van der Waals surface area contributed by atoms with Crippen molar-refractivity contribution < 1.29 is 0 Å². The molecule has 0 amide bonds. The van der Waals surface area contributed by atoms with E-state index >= 15 is 0 Å². The number of hydrogen-bond donors (Lipinski definition) is 1. The van der Waals surface area contributed by atoms with Gasteiger partial charge in [0.05, 0.1) is 0 Å². The molecule has 1 unspecified atom stereocenters. The topological polar surface area (TPSA) is 12.0 Å². The van der Waals surface area contributed by atoms with Crippen LogP contribution in [0, 0.1) is 5.41 Å². The van der Waals surface area contributed by atoms with Crippen LogP contribution in [-0.4, -0.2) is 12.1 Å². The number of nitrogens with one attached hydrogen (secondary N) is 1. The van der Waals surface area contributed by atoms with Crippen LogP contribution < -0.4 is 5.32 Å². The Labute approximate surface area is 125 Å². The zero-order valence-electron chi connectivity index (χ0n) is 12.0. The predicted molar refractivity (Wildman–Crippen MR) is 84.5 cm³/mol. The first-order valence-corrected chi connectivity index (χ1v) is 8.33. The summed E-state index contributed by atoms with van der Waals surface area (Å²) in [6, 6.07) is 10.2. The fourth-order valence-electron chi connectivity index (χ4n) is 3.73.